The van der Waals surface area contributed by atoms with E-state index in [9.17, 15) is 18.0 Å². The molecule has 0 spiro atoms. The Morgan fingerprint density at radius 3 is 2.02 bits per heavy atom. The second kappa shape index (κ2) is 16.6. The quantitative estimate of drug-likeness (QED) is 0.154. The van der Waals surface area contributed by atoms with E-state index in [2.05, 4.69) is 5.32 Å². The third kappa shape index (κ3) is 9.13. The fourth-order valence-electron chi connectivity index (χ4n) is 5.18. The molecule has 4 aromatic carbocycles. The number of amides is 2. The van der Waals surface area contributed by atoms with E-state index in [1.54, 1.807) is 24.3 Å². The predicted octanol–water partition coefficient (Wildman–Crippen LogP) is 5.76. The maximum Gasteiger partial charge on any atom is 0.264 e. The van der Waals surface area contributed by atoms with Gasteiger partial charge in [-0.3, -0.25) is 13.9 Å². The summed E-state index contributed by atoms with van der Waals surface area (Å²) in [4.78, 5) is 29.8. The minimum Gasteiger partial charge on any atom is -0.493 e. The highest BCUT2D eigenvalue weighted by Crippen LogP contribution is 2.32. The second-order valence-electron chi connectivity index (χ2n) is 11.2. The largest absolute Gasteiger partial charge is 0.493 e. The second-order valence-corrected chi connectivity index (χ2v) is 13.1. The number of hydrogen-bond acceptors (Lipinski definition) is 6. The van der Waals surface area contributed by atoms with Crippen molar-refractivity contribution >= 4 is 27.5 Å². The van der Waals surface area contributed by atoms with Gasteiger partial charge in [0, 0.05) is 25.6 Å². The highest BCUT2D eigenvalue weighted by molar-refractivity contribution is 7.92. The summed E-state index contributed by atoms with van der Waals surface area (Å²) >= 11 is 0. The number of anilines is 1. The van der Waals surface area contributed by atoms with E-state index in [0.29, 0.717) is 18.0 Å². The van der Waals surface area contributed by atoms with Crippen LogP contribution in [0.3, 0.4) is 0 Å². The van der Waals surface area contributed by atoms with Crippen LogP contribution in [0, 0.1) is 6.92 Å². The van der Waals surface area contributed by atoms with Crippen LogP contribution in [-0.4, -0.2) is 58.5 Å². The van der Waals surface area contributed by atoms with Gasteiger partial charge in [0.25, 0.3) is 10.0 Å². The molecule has 4 rings (SSSR count). The normalized spacial score (nSPS) is 11.7. The van der Waals surface area contributed by atoms with Crippen LogP contribution in [0.5, 0.6) is 11.5 Å². The number of methoxy groups -OCH3 is 2. The van der Waals surface area contributed by atoms with E-state index in [1.807, 2.05) is 74.5 Å². The summed E-state index contributed by atoms with van der Waals surface area (Å²) in [6.45, 7) is 3.97. The number of hydrogen-bond donors (Lipinski definition) is 1. The zero-order chi connectivity index (χ0) is 33.8. The van der Waals surface area contributed by atoms with Gasteiger partial charge in [0.05, 0.1) is 24.8 Å². The maximum atomic E-state index is 14.6. The lowest BCUT2D eigenvalue weighted by atomic mass is 10.0. The summed E-state index contributed by atoms with van der Waals surface area (Å²) in [5.41, 5.74) is 2.93. The van der Waals surface area contributed by atoms with E-state index < -0.39 is 28.5 Å². The van der Waals surface area contributed by atoms with Crippen molar-refractivity contribution in [2.45, 2.75) is 50.6 Å². The summed E-state index contributed by atoms with van der Waals surface area (Å²) in [7, 11) is -1.41. The first-order valence-corrected chi connectivity index (χ1v) is 17.1. The Kier molecular flexibility index (Phi) is 12.4. The number of rotatable bonds is 16. The molecule has 0 heterocycles. The topological polar surface area (TPSA) is 105 Å². The number of sulfonamides is 1. The minimum absolute atomic E-state index is 0.0729. The monoisotopic (exact) mass is 657 g/mol. The first-order valence-electron chi connectivity index (χ1n) is 15.6. The van der Waals surface area contributed by atoms with Crippen molar-refractivity contribution in [1.29, 1.82) is 0 Å². The summed E-state index contributed by atoms with van der Waals surface area (Å²) < 4.78 is 40.5. The summed E-state index contributed by atoms with van der Waals surface area (Å²) in [6.07, 6.45) is 1.95. The van der Waals surface area contributed by atoms with Gasteiger partial charge in [-0.05, 0) is 48.7 Å². The molecule has 0 fully saturated rings. The standard InChI is InChI=1S/C37H43N3O6S/c1-5-6-23-38-37(42)33(24-29-13-9-7-10-14-29)39(26-30-15-11-8-12-16-30)36(41)27-40(31-19-17-28(2)18-20-31)47(43,44)32-21-22-34(45-3)35(25-32)46-4/h7-22,25,33H,5-6,23-24,26-27H2,1-4H3,(H,38,42). The SMILES string of the molecule is CCCCNC(=O)C(Cc1ccccc1)N(Cc1ccccc1)C(=O)CN(c1ccc(C)cc1)S(=O)(=O)c1ccc(OC)c(OC)c1. The lowest BCUT2D eigenvalue weighted by molar-refractivity contribution is -0.140. The Morgan fingerprint density at radius 2 is 1.43 bits per heavy atom. The molecule has 1 N–H and O–H groups in total. The van der Waals surface area contributed by atoms with Crippen LogP contribution < -0.4 is 19.1 Å². The van der Waals surface area contributed by atoms with Crippen LogP contribution in [0.4, 0.5) is 5.69 Å². The van der Waals surface area contributed by atoms with Gasteiger partial charge >= 0.3 is 0 Å². The van der Waals surface area contributed by atoms with Crippen LogP contribution >= 0.6 is 0 Å². The van der Waals surface area contributed by atoms with Gasteiger partial charge in [0.15, 0.2) is 11.5 Å². The van der Waals surface area contributed by atoms with Crippen molar-refractivity contribution in [2.24, 2.45) is 0 Å². The van der Waals surface area contributed by atoms with E-state index in [-0.39, 0.29) is 29.5 Å². The zero-order valence-electron chi connectivity index (χ0n) is 27.4. The number of ether oxygens (including phenoxy) is 2. The fraction of sp³-hybridized carbons (Fsp3) is 0.297. The van der Waals surface area contributed by atoms with Crippen LogP contribution in [0.25, 0.3) is 0 Å². The molecule has 2 amide bonds. The van der Waals surface area contributed by atoms with E-state index >= 15 is 0 Å². The highest BCUT2D eigenvalue weighted by atomic mass is 32.2. The van der Waals surface area contributed by atoms with Crippen molar-refractivity contribution in [3.63, 3.8) is 0 Å². The maximum absolute atomic E-state index is 14.6. The number of benzene rings is 4. The molecule has 0 saturated carbocycles. The Bertz CT molecular complexity index is 1710. The average molecular weight is 658 g/mol. The molecule has 248 valence electrons. The molecule has 0 aliphatic carbocycles. The molecule has 9 nitrogen and oxygen atoms in total. The number of aryl methyl sites for hydroxylation is 1. The Morgan fingerprint density at radius 1 is 0.809 bits per heavy atom. The fourth-order valence-corrected chi connectivity index (χ4v) is 6.61. The smallest absolute Gasteiger partial charge is 0.264 e. The van der Waals surface area contributed by atoms with Crippen LogP contribution in [-0.2, 0) is 32.6 Å². The Hall–Kier alpha value is -4.83. The van der Waals surface area contributed by atoms with Gasteiger partial charge < -0.3 is 19.7 Å². The Labute approximate surface area is 278 Å². The highest BCUT2D eigenvalue weighted by Gasteiger charge is 2.35. The molecule has 4 aromatic rings. The van der Waals surface area contributed by atoms with Gasteiger partial charge in [-0.1, -0.05) is 91.7 Å². The van der Waals surface area contributed by atoms with E-state index in [4.69, 9.17) is 9.47 Å². The van der Waals surface area contributed by atoms with Crippen molar-refractivity contribution in [2.75, 3.05) is 31.6 Å². The molecule has 1 atom stereocenters. The number of nitrogens with zero attached hydrogens (tertiary/aromatic N) is 2. The number of unbranched alkanes of at least 4 members (excludes halogenated alkanes) is 1. The van der Waals surface area contributed by atoms with E-state index in [1.165, 1.54) is 37.3 Å². The molecule has 0 aliphatic rings. The molecule has 0 aliphatic heterocycles. The van der Waals surface area contributed by atoms with Gasteiger partial charge in [0.1, 0.15) is 12.6 Å². The summed E-state index contributed by atoms with van der Waals surface area (Å²) in [6, 6.07) is 29.2. The van der Waals surface area contributed by atoms with Gasteiger partial charge in [-0.25, -0.2) is 8.42 Å². The number of carbonyl (C=O) groups excluding carboxylic acids is 2. The van der Waals surface area contributed by atoms with Crippen molar-refractivity contribution in [3.05, 3.63) is 120 Å². The molecule has 0 saturated heterocycles. The Balaban J connectivity index is 1.79. The number of nitrogens with one attached hydrogen (secondary N) is 1. The van der Waals surface area contributed by atoms with Gasteiger partial charge in [-0.15, -0.1) is 0 Å². The van der Waals surface area contributed by atoms with Crippen molar-refractivity contribution < 1.29 is 27.5 Å². The molecular formula is C37H43N3O6S. The first-order chi connectivity index (χ1) is 22.7. The van der Waals surface area contributed by atoms with E-state index in [0.717, 1.165) is 33.8 Å². The van der Waals surface area contributed by atoms with Crippen LogP contribution in [0.2, 0.25) is 0 Å². The lowest BCUT2D eigenvalue weighted by Gasteiger charge is -2.34. The van der Waals surface area contributed by atoms with Gasteiger partial charge in [-0.2, -0.15) is 0 Å². The molecule has 10 heteroatoms. The third-order valence-electron chi connectivity index (χ3n) is 7.84. The van der Waals surface area contributed by atoms with Crippen LogP contribution in [0.1, 0.15) is 36.5 Å². The van der Waals surface area contributed by atoms with Crippen molar-refractivity contribution in [3.8, 4) is 11.5 Å². The zero-order valence-corrected chi connectivity index (χ0v) is 28.2. The molecule has 0 aromatic heterocycles. The number of carbonyl (C=O) groups is 2. The minimum atomic E-state index is -4.30. The summed E-state index contributed by atoms with van der Waals surface area (Å²) in [5, 5.41) is 3.01. The average Bonchev–Trinajstić information content (AvgIpc) is 3.09. The molecule has 47 heavy (non-hydrogen) atoms. The first kappa shape index (κ1) is 35.0. The predicted molar refractivity (Wildman–Crippen MR) is 184 cm³/mol. The molecule has 0 bridgehead atoms. The lowest BCUT2D eigenvalue weighted by Crippen LogP contribution is -2.53. The molecule has 1 unspecified atom stereocenters. The van der Waals surface area contributed by atoms with Crippen molar-refractivity contribution in [1.82, 2.24) is 10.2 Å². The molecule has 0 radical (unpaired) electrons. The third-order valence-corrected chi connectivity index (χ3v) is 9.61. The van der Waals surface area contributed by atoms with Gasteiger partial charge in [0.2, 0.25) is 11.8 Å². The molecular weight excluding hydrogens is 614 g/mol. The summed E-state index contributed by atoms with van der Waals surface area (Å²) in [5.74, 6) is -0.210. The van der Waals surface area contributed by atoms with Crippen LogP contribution in [0.15, 0.2) is 108 Å².